The average molecular weight is 271 g/mol. The highest BCUT2D eigenvalue weighted by Crippen LogP contribution is 2.37. The van der Waals surface area contributed by atoms with E-state index in [2.05, 4.69) is 12.2 Å². The van der Waals surface area contributed by atoms with E-state index in [1.165, 1.54) is 12.1 Å². The van der Waals surface area contributed by atoms with E-state index in [-0.39, 0.29) is 12.0 Å². The summed E-state index contributed by atoms with van der Waals surface area (Å²) in [4.78, 5) is 0. The van der Waals surface area contributed by atoms with Crippen LogP contribution in [0.4, 0.5) is 13.2 Å². The molecule has 1 N–H and O–H groups in total. The lowest BCUT2D eigenvalue weighted by atomic mass is 9.96. The topological polar surface area (TPSA) is 12.0 Å². The van der Waals surface area contributed by atoms with E-state index in [1.807, 2.05) is 6.92 Å². The van der Waals surface area contributed by atoms with E-state index >= 15 is 0 Å². The molecule has 106 valence electrons. The predicted octanol–water partition coefficient (Wildman–Crippen LogP) is 4.31. The van der Waals surface area contributed by atoms with E-state index in [9.17, 15) is 13.2 Å². The smallest absolute Gasteiger partial charge is 0.299 e. The fourth-order valence-electron chi connectivity index (χ4n) is 2.84. The molecule has 19 heavy (non-hydrogen) atoms. The van der Waals surface area contributed by atoms with Gasteiger partial charge >= 0.3 is 6.18 Å². The third-order valence-electron chi connectivity index (χ3n) is 4.31. The minimum absolute atomic E-state index is 0.0539. The van der Waals surface area contributed by atoms with Gasteiger partial charge < -0.3 is 0 Å². The maximum absolute atomic E-state index is 13.2. The summed E-state index contributed by atoms with van der Waals surface area (Å²) in [5.41, 5.74) is 0.293. The van der Waals surface area contributed by atoms with Crippen molar-refractivity contribution in [3.8, 4) is 0 Å². The normalized spacial score (nSPS) is 29.4. The van der Waals surface area contributed by atoms with Crippen molar-refractivity contribution >= 4 is 0 Å². The summed E-state index contributed by atoms with van der Waals surface area (Å²) in [5, 5.41) is 2.83. The van der Waals surface area contributed by atoms with E-state index < -0.39 is 12.2 Å². The van der Waals surface area contributed by atoms with Crippen molar-refractivity contribution in [3.63, 3.8) is 0 Å². The number of nitrogens with one attached hydrogen (secondary N) is 1. The van der Waals surface area contributed by atoms with Crippen LogP contribution in [0.5, 0.6) is 0 Å². The molecule has 0 amide bonds. The summed E-state index contributed by atoms with van der Waals surface area (Å²) in [5.74, 6) is 0.774. The highest BCUT2D eigenvalue weighted by atomic mass is 19.4. The molecular weight excluding hydrogens is 251 g/mol. The van der Waals surface area contributed by atoms with Gasteiger partial charge in [0.05, 0.1) is 0 Å². The summed E-state index contributed by atoms with van der Waals surface area (Å²) in [7, 11) is 0. The lowest BCUT2D eigenvalue weighted by Gasteiger charge is -2.28. The van der Waals surface area contributed by atoms with Crippen LogP contribution in [-0.2, 0) is 0 Å². The third-order valence-corrected chi connectivity index (χ3v) is 4.31. The standard InChI is InChI=1S/C15H20F3N/c1-10-8-9-13(11(10)2)19-14(15(16,17)18)12-6-4-3-5-7-12/h3-7,10-11,13-14,19H,8-9H2,1-2H3. The molecule has 0 radical (unpaired) electrons. The summed E-state index contributed by atoms with van der Waals surface area (Å²) in [6, 6.07) is 6.49. The van der Waals surface area contributed by atoms with Crippen molar-refractivity contribution in [1.82, 2.24) is 5.32 Å². The zero-order valence-electron chi connectivity index (χ0n) is 11.2. The van der Waals surface area contributed by atoms with Gasteiger partial charge in [0.15, 0.2) is 0 Å². The summed E-state index contributed by atoms with van der Waals surface area (Å²) in [6.45, 7) is 4.14. The van der Waals surface area contributed by atoms with E-state index in [0.717, 1.165) is 12.8 Å². The number of halogens is 3. The lowest BCUT2D eigenvalue weighted by molar-refractivity contribution is -0.160. The second kappa shape index (κ2) is 5.53. The molecule has 1 aromatic carbocycles. The maximum atomic E-state index is 13.2. The van der Waals surface area contributed by atoms with Crippen LogP contribution >= 0.6 is 0 Å². The second-order valence-electron chi connectivity index (χ2n) is 5.57. The molecule has 1 saturated carbocycles. The Kier molecular flexibility index (Phi) is 4.19. The fourth-order valence-corrected chi connectivity index (χ4v) is 2.84. The van der Waals surface area contributed by atoms with E-state index in [1.54, 1.807) is 18.2 Å². The van der Waals surface area contributed by atoms with Gasteiger partial charge in [0.1, 0.15) is 6.04 Å². The molecule has 0 saturated heterocycles. The van der Waals surface area contributed by atoms with Crippen molar-refractivity contribution in [1.29, 1.82) is 0 Å². The molecule has 1 aliphatic rings. The van der Waals surface area contributed by atoms with Crippen molar-refractivity contribution in [2.24, 2.45) is 11.8 Å². The molecule has 1 aliphatic carbocycles. The molecule has 0 bridgehead atoms. The van der Waals surface area contributed by atoms with Gasteiger partial charge in [-0.15, -0.1) is 0 Å². The second-order valence-corrected chi connectivity index (χ2v) is 5.57. The highest BCUT2D eigenvalue weighted by molar-refractivity contribution is 5.20. The van der Waals surface area contributed by atoms with E-state index in [0.29, 0.717) is 11.5 Å². The Morgan fingerprint density at radius 3 is 2.21 bits per heavy atom. The van der Waals surface area contributed by atoms with Gasteiger partial charge in [-0.05, 0) is 30.2 Å². The van der Waals surface area contributed by atoms with Gasteiger partial charge in [-0.2, -0.15) is 13.2 Å². The highest BCUT2D eigenvalue weighted by Gasteiger charge is 2.43. The minimum Gasteiger partial charge on any atom is -0.299 e. The fraction of sp³-hybridized carbons (Fsp3) is 0.600. The molecule has 1 aromatic rings. The van der Waals surface area contributed by atoms with Gasteiger partial charge in [-0.3, -0.25) is 5.32 Å². The molecule has 0 spiro atoms. The van der Waals surface area contributed by atoms with Gasteiger partial charge in [-0.25, -0.2) is 0 Å². The van der Waals surface area contributed by atoms with Gasteiger partial charge in [0, 0.05) is 6.04 Å². The molecular formula is C15H20F3N. The first-order chi connectivity index (χ1) is 8.89. The number of benzene rings is 1. The number of alkyl halides is 3. The molecule has 1 fully saturated rings. The Labute approximate surface area is 112 Å². The zero-order chi connectivity index (χ0) is 14.0. The van der Waals surface area contributed by atoms with Crippen LogP contribution in [0.3, 0.4) is 0 Å². The van der Waals surface area contributed by atoms with Crippen LogP contribution in [0.1, 0.15) is 38.3 Å². The Bertz CT molecular complexity index is 402. The molecule has 4 heteroatoms. The molecule has 4 unspecified atom stereocenters. The van der Waals surface area contributed by atoms with Crippen LogP contribution in [0, 0.1) is 11.8 Å². The van der Waals surface area contributed by atoms with Crippen molar-refractivity contribution in [2.45, 2.75) is 44.9 Å². The van der Waals surface area contributed by atoms with Crippen molar-refractivity contribution in [3.05, 3.63) is 35.9 Å². The number of hydrogen-bond acceptors (Lipinski definition) is 1. The van der Waals surface area contributed by atoms with Crippen LogP contribution in [0.15, 0.2) is 30.3 Å². The summed E-state index contributed by atoms with van der Waals surface area (Å²) < 4.78 is 39.7. The SMILES string of the molecule is CC1CCC(NC(c2ccccc2)C(F)(F)F)C1C. The molecule has 0 aromatic heterocycles. The number of rotatable bonds is 3. The lowest BCUT2D eigenvalue weighted by Crippen LogP contribution is -2.42. The monoisotopic (exact) mass is 271 g/mol. The first-order valence-electron chi connectivity index (χ1n) is 6.77. The molecule has 4 atom stereocenters. The third kappa shape index (κ3) is 3.30. The largest absolute Gasteiger partial charge is 0.407 e. The average Bonchev–Trinajstić information content (AvgIpc) is 2.67. The quantitative estimate of drug-likeness (QED) is 0.863. The predicted molar refractivity (Wildman–Crippen MR) is 69.7 cm³/mol. The van der Waals surface area contributed by atoms with Gasteiger partial charge in [0.25, 0.3) is 0 Å². The van der Waals surface area contributed by atoms with Crippen molar-refractivity contribution in [2.75, 3.05) is 0 Å². The van der Waals surface area contributed by atoms with Crippen LogP contribution in [0.2, 0.25) is 0 Å². The summed E-state index contributed by atoms with van der Waals surface area (Å²) >= 11 is 0. The Balaban J connectivity index is 2.16. The summed E-state index contributed by atoms with van der Waals surface area (Å²) in [6.07, 6.45) is -2.44. The van der Waals surface area contributed by atoms with Crippen LogP contribution in [-0.4, -0.2) is 12.2 Å². The molecule has 0 heterocycles. The first-order valence-corrected chi connectivity index (χ1v) is 6.77. The minimum atomic E-state index is -4.26. The van der Waals surface area contributed by atoms with E-state index in [4.69, 9.17) is 0 Å². The molecule has 1 nitrogen and oxygen atoms in total. The Hall–Kier alpha value is -1.03. The first kappa shape index (κ1) is 14.4. The van der Waals surface area contributed by atoms with Crippen molar-refractivity contribution < 1.29 is 13.2 Å². The zero-order valence-corrected chi connectivity index (χ0v) is 11.2. The van der Waals surface area contributed by atoms with Gasteiger partial charge in [0.2, 0.25) is 0 Å². The maximum Gasteiger partial charge on any atom is 0.407 e. The number of hydrogen-bond donors (Lipinski definition) is 1. The van der Waals surface area contributed by atoms with Crippen LogP contribution in [0.25, 0.3) is 0 Å². The van der Waals surface area contributed by atoms with Gasteiger partial charge in [-0.1, -0.05) is 44.2 Å². The molecule has 0 aliphatic heterocycles. The Morgan fingerprint density at radius 1 is 1.11 bits per heavy atom. The van der Waals surface area contributed by atoms with Crippen LogP contribution < -0.4 is 5.32 Å². The Morgan fingerprint density at radius 2 is 1.74 bits per heavy atom. The molecule has 2 rings (SSSR count).